The lowest BCUT2D eigenvalue weighted by molar-refractivity contribution is 0.00515. The minimum absolute atomic E-state index is 0.204. The fourth-order valence-electron chi connectivity index (χ4n) is 3.36. The Kier molecular flexibility index (Phi) is 3.47. The van der Waals surface area contributed by atoms with Gasteiger partial charge in [0.25, 0.3) is 0 Å². The smallest absolute Gasteiger partial charge is 0.107 e. The van der Waals surface area contributed by atoms with Gasteiger partial charge in [0.2, 0.25) is 0 Å². The molecule has 1 aliphatic heterocycles. The Morgan fingerprint density at radius 2 is 2.00 bits per heavy atom. The molecular weight excluding hydrogens is 266 g/mol. The van der Waals surface area contributed by atoms with Gasteiger partial charge in [0.1, 0.15) is 5.01 Å². The fourth-order valence-corrected chi connectivity index (χ4v) is 4.31. The molecule has 0 aromatic carbocycles. The second-order valence-corrected chi connectivity index (χ2v) is 8.76. The number of aryl methyl sites for hydroxylation is 2. The van der Waals surface area contributed by atoms with Crippen LogP contribution in [0.4, 0.5) is 0 Å². The van der Waals surface area contributed by atoms with Gasteiger partial charge in [0, 0.05) is 29.0 Å². The van der Waals surface area contributed by atoms with E-state index >= 15 is 0 Å². The molecule has 1 saturated carbocycles. The summed E-state index contributed by atoms with van der Waals surface area (Å²) in [4.78, 5) is 8.81. The Morgan fingerprint density at radius 3 is 2.55 bits per heavy atom. The van der Waals surface area contributed by atoms with E-state index in [1.807, 2.05) is 11.3 Å². The maximum atomic E-state index is 4.75. The van der Waals surface area contributed by atoms with Gasteiger partial charge in [-0.2, -0.15) is 0 Å². The van der Waals surface area contributed by atoms with E-state index in [0.29, 0.717) is 5.54 Å². The summed E-state index contributed by atoms with van der Waals surface area (Å²) in [7, 11) is 0. The third-order valence-corrected chi connectivity index (χ3v) is 6.15. The Labute approximate surface area is 126 Å². The van der Waals surface area contributed by atoms with Gasteiger partial charge in [0.15, 0.2) is 0 Å². The van der Waals surface area contributed by atoms with Crippen LogP contribution >= 0.6 is 11.3 Å². The highest BCUT2D eigenvalue weighted by Gasteiger charge is 2.49. The molecule has 2 fully saturated rings. The highest BCUT2D eigenvalue weighted by molar-refractivity contribution is 7.11. The number of nitrogens with one attached hydrogen (secondary N) is 1. The van der Waals surface area contributed by atoms with E-state index in [9.17, 15) is 0 Å². The molecule has 1 aromatic heterocycles. The number of piperazine rings is 1. The zero-order valence-corrected chi connectivity index (χ0v) is 14.2. The van der Waals surface area contributed by atoms with E-state index in [4.69, 9.17) is 4.98 Å². The summed E-state index contributed by atoms with van der Waals surface area (Å²) in [5, 5.41) is 5.03. The van der Waals surface area contributed by atoms with E-state index in [-0.39, 0.29) is 5.54 Å². The van der Waals surface area contributed by atoms with Crippen molar-refractivity contribution in [3.8, 4) is 0 Å². The molecule has 1 N–H and O–H groups in total. The molecule has 4 heteroatoms. The fraction of sp³-hybridized carbons (Fsp3) is 0.812. The Morgan fingerprint density at radius 1 is 1.30 bits per heavy atom. The molecule has 2 aliphatic rings. The highest BCUT2D eigenvalue weighted by Crippen LogP contribution is 2.45. The van der Waals surface area contributed by atoms with Crippen molar-refractivity contribution in [3.63, 3.8) is 0 Å². The summed E-state index contributed by atoms with van der Waals surface area (Å²) < 4.78 is 0. The number of aromatic nitrogens is 1. The third-order valence-electron chi connectivity index (χ3n) is 5.09. The molecule has 1 aromatic rings. The Hall–Kier alpha value is -0.450. The van der Waals surface area contributed by atoms with Crippen LogP contribution in [0, 0.1) is 19.8 Å². The third kappa shape index (κ3) is 2.66. The monoisotopic (exact) mass is 293 g/mol. The lowest BCUT2D eigenvalue weighted by Gasteiger charge is -2.51. The van der Waals surface area contributed by atoms with Crippen molar-refractivity contribution in [2.45, 2.75) is 65.1 Å². The van der Waals surface area contributed by atoms with E-state index in [0.717, 1.165) is 25.6 Å². The van der Waals surface area contributed by atoms with Gasteiger partial charge in [0.05, 0.1) is 12.2 Å². The van der Waals surface area contributed by atoms with Gasteiger partial charge >= 0.3 is 0 Å². The zero-order valence-electron chi connectivity index (χ0n) is 13.4. The minimum atomic E-state index is 0.204. The van der Waals surface area contributed by atoms with E-state index in [1.165, 1.54) is 28.4 Å². The summed E-state index contributed by atoms with van der Waals surface area (Å²) in [6.45, 7) is 14.6. The maximum absolute atomic E-state index is 4.75. The van der Waals surface area contributed by atoms with Crippen LogP contribution in [0.1, 0.15) is 49.2 Å². The van der Waals surface area contributed by atoms with Gasteiger partial charge in [-0.3, -0.25) is 4.90 Å². The number of hydrogen-bond acceptors (Lipinski definition) is 4. The van der Waals surface area contributed by atoms with Crippen molar-refractivity contribution in [3.05, 3.63) is 15.6 Å². The molecule has 0 amide bonds. The Bertz CT molecular complexity index is 484. The lowest BCUT2D eigenvalue weighted by atomic mass is 9.86. The molecule has 1 aliphatic carbocycles. The van der Waals surface area contributed by atoms with Crippen molar-refractivity contribution < 1.29 is 0 Å². The average Bonchev–Trinajstić information content (AvgIpc) is 3.14. The van der Waals surface area contributed by atoms with Crippen LogP contribution in [-0.2, 0) is 6.54 Å². The maximum Gasteiger partial charge on any atom is 0.107 e. The van der Waals surface area contributed by atoms with Crippen molar-refractivity contribution >= 4 is 11.3 Å². The second-order valence-electron chi connectivity index (χ2n) is 7.47. The van der Waals surface area contributed by atoms with Crippen LogP contribution in [0.25, 0.3) is 0 Å². The van der Waals surface area contributed by atoms with Crippen LogP contribution in [0.15, 0.2) is 0 Å². The van der Waals surface area contributed by atoms with Crippen molar-refractivity contribution in [2.24, 2.45) is 5.92 Å². The first-order valence-electron chi connectivity index (χ1n) is 7.73. The van der Waals surface area contributed by atoms with E-state index in [1.54, 1.807) is 0 Å². The van der Waals surface area contributed by atoms with Crippen molar-refractivity contribution in [1.29, 1.82) is 0 Å². The first-order chi connectivity index (χ1) is 9.30. The van der Waals surface area contributed by atoms with E-state index in [2.05, 4.69) is 44.8 Å². The first kappa shape index (κ1) is 14.5. The number of rotatable bonds is 3. The highest BCUT2D eigenvalue weighted by atomic mass is 32.1. The van der Waals surface area contributed by atoms with Gasteiger partial charge in [-0.25, -0.2) is 4.98 Å². The predicted molar refractivity (Wildman–Crippen MR) is 85.2 cm³/mol. The molecule has 3 nitrogen and oxygen atoms in total. The summed E-state index contributed by atoms with van der Waals surface area (Å²) >= 11 is 1.87. The topological polar surface area (TPSA) is 28.2 Å². The SMILES string of the molecule is Cc1nc(CN2CC(C)(C)NCC2(C)C2CC2)sc1C. The molecule has 1 saturated heterocycles. The molecule has 0 bridgehead atoms. The van der Waals surface area contributed by atoms with Crippen LogP contribution in [0.2, 0.25) is 0 Å². The van der Waals surface area contributed by atoms with Crippen LogP contribution in [-0.4, -0.2) is 34.1 Å². The normalized spacial score (nSPS) is 30.6. The van der Waals surface area contributed by atoms with Gasteiger partial charge < -0.3 is 5.32 Å². The summed E-state index contributed by atoms with van der Waals surface area (Å²) in [5.41, 5.74) is 1.71. The molecule has 1 unspecified atom stereocenters. The van der Waals surface area contributed by atoms with Crippen LogP contribution in [0.5, 0.6) is 0 Å². The predicted octanol–water partition coefficient (Wildman–Crippen LogP) is 3.11. The van der Waals surface area contributed by atoms with Crippen LogP contribution < -0.4 is 5.32 Å². The van der Waals surface area contributed by atoms with E-state index < -0.39 is 0 Å². The van der Waals surface area contributed by atoms with Crippen LogP contribution in [0.3, 0.4) is 0 Å². The summed E-state index contributed by atoms with van der Waals surface area (Å²) in [6.07, 6.45) is 2.79. The molecule has 2 heterocycles. The quantitative estimate of drug-likeness (QED) is 0.928. The van der Waals surface area contributed by atoms with Gasteiger partial charge in [-0.1, -0.05) is 0 Å². The zero-order chi connectivity index (χ0) is 14.5. The van der Waals surface area contributed by atoms with Gasteiger partial charge in [-0.15, -0.1) is 11.3 Å². The summed E-state index contributed by atoms with van der Waals surface area (Å²) in [6, 6.07) is 0. The Balaban J connectivity index is 1.82. The molecule has 0 radical (unpaired) electrons. The van der Waals surface area contributed by atoms with Crippen molar-refractivity contribution in [1.82, 2.24) is 15.2 Å². The lowest BCUT2D eigenvalue weighted by Crippen LogP contribution is -2.67. The molecule has 3 rings (SSSR count). The molecule has 0 spiro atoms. The molecule has 1 atom stereocenters. The second kappa shape index (κ2) is 4.79. The average molecular weight is 293 g/mol. The number of nitrogens with zero attached hydrogens (tertiary/aromatic N) is 2. The first-order valence-corrected chi connectivity index (χ1v) is 8.55. The summed E-state index contributed by atoms with van der Waals surface area (Å²) in [5.74, 6) is 0.869. The largest absolute Gasteiger partial charge is 0.309 e. The molecule has 112 valence electrons. The standard InChI is InChI=1S/C16H27N3S/c1-11-12(2)20-14(18-11)8-19-10-15(3,4)17-9-16(19,5)13-6-7-13/h13,17H,6-10H2,1-5H3. The number of thiazole rings is 1. The molecular formula is C16H27N3S. The minimum Gasteiger partial charge on any atom is -0.309 e. The van der Waals surface area contributed by atoms with Crippen molar-refractivity contribution in [2.75, 3.05) is 13.1 Å². The van der Waals surface area contributed by atoms with Gasteiger partial charge in [-0.05, 0) is 53.4 Å². The molecule has 20 heavy (non-hydrogen) atoms. The number of hydrogen-bond donors (Lipinski definition) is 1.